The summed E-state index contributed by atoms with van der Waals surface area (Å²) >= 11 is 0. The van der Waals surface area contributed by atoms with Crippen molar-refractivity contribution in [1.82, 2.24) is 5.32 Å². The molecule has 0 spiro atoms. The van der Waals surface area contributed by atoms with Crippen LogP contribution in [0.2, 0.25) is 0 Å². The summed E-state index contributed by atoms with van der Waals surface area (Å²) in [6.45, 7) is 0. The highest BCUT2D eigenvalue weighted by atomic mass is 16.5. The van der Waals surface area contributed by atoms with E-state index in [4.69, 9.17) is 4.74 Å². The van der Waals surface area contributed by atoms with E-state index >= 15 is 0 Å². The number of rotatable bonds is 1. The summed E-state index contributed by atoms with van der Waals surface area (Å²) in [6, 6.07) is 0.686. The fourth-order valence-corrected chi connectivity index (χ4v) is 3.57. The minimum atomic E-state index is 0.401. The van der Waals surface area contributed by atoms with Gasteiger partial charge in [-0.05, 0) is 31.6 Å². The summed E-state index contributed by atoms with van der Waals surface area (Å²) in [5, 5.41) is 3.74. The molecular formula is C13H23NO. The first-order valence-corrected chi connectivity index (χ1v) is 6.85. The third-order valence-corrected chi connectivity index (χ3v) is 4.48. The second-order valence-electron chi connectivity index (χ2n) is 5.55. The van der Waals surface area contributed by atoms with Crippen LogP contribution in [0, 0.1) is 5.92 Å². The monoisotopic (exact) mass is 209 g/mol. The molecule has 3 atom stereocenters. The summed E-state index contributed by atoms with van der Waals surface area (Å²) in [4.78, 5) is 0. The third kappa shape index (κ3) is 2.07. The van der Waals surface area contributed by atoms with E-state index < -0.39 is 0 Å². The molecule has 86 valence electrons. The first-order chi connectivity index (χ1) is 7.43. The van der Waals surface area contributed by atoms with E-state index in [1.54, 1.807) is 0 Å². The van der Waals surface area contributed by atoms with Gasteiger partial charge in [-0.15, -0.1) is 0 Å². The van der Waals surface area contributed by atoms with Crippen LogP contribution in [-0.4, -0.2) is 18.4 Å². The van der Waals surface area contributed by atoms with E-state index in [0.717, 1.165) is 5.92 Å². The van der Waals surface area contributed by atoms with Crippen molar-refractivity contribution in [3.63, 3.8) is 0 Å². The van der Waals surface area contributed by atoms with E-state index in [0.29, 0.717) is 18.4 Å². The lowest BCUT2D eigenvalue weighted by Crippen LogP contribution is -2.38. The number of nitrogens with one attached hydrogen (secondary N) is 1. The Balaban J connectivity index is 1.59. The highest BCUT2D eigenvalue weighted by Crippen LogP contribution is 2.34. The molecule has 1 saturated heterocycles. The summed E-state index contributed by atoms with van der Waals surface area (Å²) in [6.07, 6.45) is 13.4. The van der Waals surface area contributed by atoms with Crippen LogP contribution >= 0.6 is 0 Å². The van der Waals surface area contributed by atoms with Gasteiger partial charge in [-0.25, -0.2) is 0 Å². The molecule has 3 aliphatic rings. The summed E-state index contributed by atoms with van der Waals surface area (Å²) in [5.74, 6) is 0.810. The van der Waals surface area contributed by atoms with E-state index in [1.807, 2.05) is 0 Å². The van der Waals surface area contributed by atoms with E-state index in [-0.39, 0.29) is 0 Å². The molecule has 3 fully saturated rings. The highest BCUT2D eigenvalue weighted by Gasteiger charge is 2.39. The Labute approximate surface area is 92.8 Å². The molecule has 1 aliphatic heterocycles. The third-order valence-electron chi connectivity index (χ3n) is 4.48. The van der Waals surface area contributed by atoms with E-state index in [2.05, 4.69) is 5.32 Å². The van der Waals surface area contributed by atoms with Crippen molar-refractivity contribution in [2.75, 3.05) is 0 Å². The highest BCUT2D eigenvalue weighted by molar-refractivity contribution is 4.91. The van der Waals surface area contributed by atoms with Gasteiger partial charge in [0.15, 0.2) is 0 Å². The molecule has 15 heavy (non-hydrogen) atoms. The first kappa shape index (κ1) is 10.1. The standard InChI is InChI=1S/C13H23NO/c1-2-6-10(7-3-1)13-14-11-8-4-5-9-12(11)15-13/h10-14H,1-9H2. The van der Waals surface area contributed by atoms with Crippen LogP contribution in [0.4, 0.5) is 0 Å². The Morgan fingerprint density at radius 1 is 0.800 bits per heavy atom. The number of hydrogen-bond acceptors (Lipinski definition) is 2. The molecule has 1 heterocycles. The molecule has 0 radical (unpaired) electrons. The minimum absolute atomic E-state index is 0.401. The molecule has 2 heteroatoms. The average molecular weight is 209 g/mol. The molecule has 0 bridgehead atoms. The molecular weight excluding hydrogens is 186 g/mol. The Morgan fingerprint density at radius 3 is 2.33 bits per heavy atom. The van der Waals surface area contributed by atoms with Crippen LogP contribution in [0.25, 0.3) is 0 Å². The van der Waals surface area contributed by atoms with Gasteiger partial charge in [-0.1, -0.05) is 32.1 Å². The van der Waals surface area contributed by atoms with Gasteiger partial charge in [0.05, 0.1) is 6.10 Å². The number of fused-ring (bicyclic) bond motifs is 1. The second-order valence-corrected chi connectivity index (χ2v) is 5.55. The van der Waals surface area contributed by atoms with Crippen molar-refractivity contribution in [2.24, 2.45) is 5.92 Å². The lowest BCUT2D eigenvalue weighted by Gasteiger charge is -2.27. The maximum atomic E-state index is 6.19. The fraction of sp³-hybridized carbons (Fsp3) is 1.00. The molecule has 3 unspecified atom stereocenters. The van der Waals surface area contributed by atoms with Gasteiger partial charge in [0.2, 0.25) is 0 Å². The summed E-state index contributed by atoms with van der Waals surface area (Å²) in [7, 11) is 0. The predicted molar refractivity (Wildman–Crippen MR) is 60.6 cm³/mol. The largest absolute Gasteiger partial charge is 0.358 e. The normalized spacial score (nSPS) is 42.8. The van der Waals surface area contributed by atoms with Gasteiger partial charge in [0, 0.05) is 6.04 Å². The Kier molecular flexibility index (Phi) is 2.98. The molecule has 0 aromatic carbocycles. The Bertz CT molecular complexity index is 199. The number of ether oxygens (including phenoxy) is 1. The molecule has 0 aromatic heterocycles. The van der Waals surface area contributed by atoms with Gasteiger partial charge in [-0.2, -0.15) is 0 Å². The average Bonchev–Trinajstić information content (AvgIpc) is 2.74. The van der Waals surface area contributed by atoms with Crippen LogP contribution in [0.5, 0.6) is 0 Å². The van der Waals surface area contributed by atoms with Crippen molar-refractivity contribution in [2.45, 2.75) is 76.2 Å². The van der Waals surface area contributed by atoms with Gasteiger partial charge in [0.25, 0.3) is 0 Å². The molecule has 2 nitrogen and oxygen atoms in total. The summed E-state index contributed by atoms with van der Waals surface area (Å²) < 4.78 is 6.19. The molecule has 3 rings (SSSR count). The van der Waals surface area contributed by atoms with Crippen molar-refractivity contribution in [3.8, 4) is 0 Å². The van der Waals surface area contributed by atoms with Crippen LogP contribution in [-0.2, 0) is 4.74 Å². The zero-order valence-electron chi connectivity index (χ0n) is 9.58. The predicted octanol–water partition coefficient (Wildman–Crippen LogP) is 2.82. The Hall–Kier alpha value is -0.0800. The van der Waals surface area contributed by atoms with Gasteiger partial charge in [-0.3, -0.25) is 5.32 Å². The van der Waals surface area contributed by atoms with Crippen LogP contribution in [0.15, 0.2) is 0 Å². The number of hydrogen-bond donors (Lipinski definition) is 1. The zero-order valence-corrected chi connectivity index (χ0v) is 9.58. The second kappa shape index (κ2) is 4.42. The van der Waals surface area contributed by atoms with Crippen molar-refractivity contribution in [1.29, 1.82) is 0 Å². The SMILES string of the molecule is C1CCC(C2NC3CCCCC3O2)CC1. The van der Waals surface area contributed by atoms with E-state index in [9.17, 15) is 0 Å². The molecule has 2 aliphatic carbocycles. The topological polar surface area (TPSA) is 21.3 Å². The molecule has 0 aromatic rings. The van der Waals surface area contributed by atoms with Gasteiger partial charge < -0.3 is 4.74 Å². The molecule has 2 saturated carbocycles. The van der Waals surface area contributed by atoms with Crippen LogP contribution < -0.4 is 5.32 Å². The van der Waals surface area contributed by atoms with Crippen molar-refractivity contribution in [3.05, 3.63) is 0 Å². The zero-order chi connectivity index (χ0) is 10.1. The smallest absolute Gasteiger partial charge is 0.111 e. The van der Waals surface area contributed by atoms with Crippen molar-refractivity contribution < 1.29 is 4.74 Å². The van der Waals surface area contributed by atoms with Crippen LogP contribution in [0.1, 0.15) is 57.8 Å². The summed E-state index contributed by atoms with van der Waals surface area (Å²) in [5.41, 5.74) is 0. The minimum Gasteiger partial charge on any atom is -0.358 e. The lowest BCUT2D eigenvalue weighted by atomic mass is 9.88. The van der Waals surface area contributed by atoms with Crippen molar-refractivity contribution >= 4 is 0 Å². The molecule has 1 N–H and O–H groups in total. The van der Waals surface area contributed by atoms with Gasteiger partial charge in [0.1, 0.15) is 6.23 Å². The maximum Gasteiger partial charge on any atom is 0.111 e. The van der Waals surface area contributed by atoms with Gasteiger partial charge >= 0.3 is 0 Å². The fourth-order valence-electron chi connectivity index (χ4n) is 3.57. The Morgan fingerprint density at radius 2 is 1.53 bits per heavy atom. The lowest BCUT2D eigenvalue weighted by molar-refractivity contribution is -0.0148. The quantitative estimate of drug-likeness (QED) is 0.717. The van der Waals surface area contributed by atoms with E-state index in [1.165, 1.54) is 57.8 Å². The maximum absolute atomic E-state index is 6.19. The van der Waals surface area contributed by atoms with Crippen LogP contribution in [0.3, 0.4) is 0 Å². The molecule has 0 amide bonds. The first-order valence-electron chi connectivity index (χ1n) is 6.85.